The van der Waals surface area contributed by atoms with Crippen molar-refractivity contribution in [2.24, 2.45) is 0 Å². The third kappa shape index (κ3) is 1.30. The SMILES string of the molecule is CC1=C(C)c2ccc3ccccc3c2CC1. The van der Waals surface area contributed by atoms with Gasteiger partial charge in [-0.25, -0.2) is 0 Å². The van der Waals surface area contributed by atoms with Gasteiger partial charge in [0.25, 0.3) is 0 Å². The standard InChI is InChI=1S/C16H16/c1-11-7-9-16-14(12(11)2)10-8-13-5-3-4-6-15(13)16/h3-6,8,10H,7,9H2,1-2H3. The van der Waals surface area contributed by atoms with Gasteiger partial charge in [0.2, 0.25) is 0 Å². The van der Waals surface area contributed by atoms with Crippen molar-refractivity contribution in [1.82, 2.24) is 0 Å². The molecule has 0 heteroatoms. The first kappa shape index (κ1) is 9.65. The molecule has 1 aliphatic carbocycles. The quantitative estimate of drug-likeness (QED) is 0.594. The van der Waals surface area contributed by atoms with E-state index in [-0.39, 0.29) is 0 Å². The molecular weight excluding hydrogens is 192 g/mol. The highest BCUT2D eigenvalue weighted by molar-refractivity contribution is 5.91. The minimum atomic E-state index is 1.19. The monoisotopic (exact) mass is 208 g/mol. The van der Waals surface area contributed by atoms with Crippen molar-refractivity contribution in [1.29, 1.82) is 0 Å². The van der Waals surface area contributed by atoms with E-state index >= 15 is 0 Å². The molecule has 0 bridgehead atoms. The van der Waals surface area contributed by atoms with Crippen LogP contribution in [-0.4, -0.2) is 0 Å². The highest BCUT2D eigenvalue weighted by atomic mass is 14.2. The number of benzene rings is 2. The Hall–Kier alpha value is -1.56. The van der Waals surface area contributed by atoms with Gasteiger partial charge in [-0.1, -0.05) is 42.0 Å². The molecule has 0 fully saturated rings. The second-order valence-corrected chi connectivity index (χ2v) is 4.72. The predicted molar refractivity (Wildman–Crippen MR) is 70.5 cm³/mol. The first-order valence-corrected chi connectivity index (χ1v) is 5.95. The Bertz CT molecular complexity index is 588. The van der Waals surface area contributed by atoms with Gasteiger partial charge in [-0.3, -0.25) is 0 Å². The molecule has 0 amide bonds. The number of hydrogen-bond acceptors (Lipinski definition) is 0. The van der Waals surface area contributed by atoms with E-state index in [9.17, 15) is 0 Å². The number of fused-ring (bicyclic) bond motifs is 3. The second kappa shape index (κ2) is 3.48. The summed E-state index contributed by atoms with van der Waals surface area (Å²) >= 11 is 0. The van der Waals surface area contributed by atoms with Crippen LogP contribution in [0.1, 0.15) is 31.4 Å². The first-order chi connectivity index (χ1) is 7.77. The fraction of sp³-hybridized carbons (Fsp3) is 0.250. The van der Waals surface area contributed by atoms with Crippen molar-refractivity contribution in [3.63, 3.8) is 0 Å². The number of hydrogen-bond donors (Lipinski definition) is 0. The molecule has 0 saturated carbocycles. The van der Waals surface area contributed by atoms with Gasteiger partial charge in [0.05, 0.1) is 0 Å². The van der Waals surface area contributed by atoms with Gasteiger partial charge in [-0.05, 0) is 54.2 Å². The summed E-state index contributed by atoms with van der Waals surface area (Å²) in [5.41, 5.74) is 6.03. The van der Waals surface area contributed by atoms with Crippen LogP contribution >= 0.6 is 0 Å². The highest BCUT2D eigenvalue weighted by Gasteiger charge is 2.15. The number of allylic oxidation sites excluding steroid dienone is 2. The lowest BCUT2D eigenvalue weighted by molar-refractivity contribution is 0.924. The molecule has 80 valence electrons. The summed E-state index contributed by atoms with van der Waals surface area (Å²) in [6.45, 7) is 4.51. The molecule has 2 aromatic carbocycles. The van der Waals surface area contributed by atoms with Crippen LogP contribution in [0, 0.1) is 0 Å². The third-order valence-corrected chi connectivity index (χ3v) is 3.83. The Kier molecular flexibility index (Phi) is 2.10. The molecule has 0 radical (unpaired) electrons. The first-order valence-electron chi connectivity index (χ1n) is 5.95. The van der Waals surface area contributed by atoms with Crippen molar-refractivity contribution in [2.45, 2.75) is 26.7 Å². The van der Waals surface area contributed by atoms with E-state index in [1.807, 2.05) is 0 Å². The van der Waals surface area contributed by atoms with Gasteiger partial charge in [-0.15, -0.1) is 0 Å². The minimum Gasteiger partial charge on any atom is -0.0695 e. The zero-order valence-corrected chi connectivity index (χ0v) is 9.88. The summed E-state index contributed by atoms with van der Waals surface area (Å²) in [6, 6.07) is 13.2. The Morgan fingerprint density at radius 2 is 1.69 bits per heavy atom. The maximum atomic E-state index is 2.29. The topological polar surface area (TPSA) is 0 Å². The summed E-state index contributed by atoms with van der Waals surface area (Å²) < 4.78 is 0. The molecule has 0 atom stereocenters. The van der Waals surface area contributed by atoms with E-state index in [1.54, 1.807) is 11.1 Å². The Labute approximate surface area is 96.6 Å². The zero-order valence-electron chi connectivity index (χ0n) is 9.88. The maximum absolute atomic E-state index is 2.29. The minimum absolute atomic E-state index is 1.19. The van der Waals surface area contributed by atoms with Crippen LogP contribution in [-0.2, 0) is 6.42 Å². The van der Waals surface area contributed by atoms with Gasteiger partial charge >= 0.3 is 0 Å². The molecule has 0 spiro atoms. The van der Waals surface area contributed by atoms with E-state index in [1.165, 1.54) is 34.8 Å². The van der Waals surface area contributed by atoms with Gasteiger partial charge in [0.15, 0.2) is 0 Å². The van der Waals surface area contributed by atoms with E-state index in [2.05, 4.69) is 50.2 Å². The van der Waals surface area contributed by atoms with E-state index < -0.39 is 0 Å². The van der Waals surface area contributed by atoms with Crippen molar-refractivity contribution in [3.05, 3.63) is 53.1 Å². The number of rotatable bonds is 0. The Balaban J connectivity index is 2.37. The fourth-order valence-electron chi connectivity index (χ4n) is 2.69. The third-order valence-electron chi connectivity index (χ3n) is 3.83. The molecule has 0 nitrogen and oxygen atoms in total. The van der Waals surface area contributed by atoms with Crippen molar-refractivity contribution < 1.29 is 0 Å². The maximum Gasteiger partial charge on any atom is -0.0146 e. The molecule has 0 unspecified atom stereocenters. The van der Waals surface area contributed by atoms with Crippen LogP contribution in [0.4, 0.5) is 0 Å². The van der Waals surface area contributed by atoms with Crippen molar-refractivity contribution >= 4 is 16.3 Å². The summed E-state index contributed by atoms with van der Waals surface area (Å²) in [5, 5.41) is 2.81. The van der Waals surface area contributed by atoms with E-state index in [4.69, 9.17) is 0 Å². The zero-order chi connectivity index (χ0) is 11.1. The average Bonchev–Trinajstić information content (AvgIpc) is 2.33. The lowest BCUT2D eigenvalue weighted by Crippen LogP contribution is -2.02. The number of aryl methyl sites for hydroxylation is 1. The van der Waals surface area contributed by atoms with Crippen LogP contribution in [0.15, 0.2) is 42.0 Å². The molecular formula is C16H16. The molecule has 3 rings (SSSR count). The van der Waals surface area contributed by atoms with Crippen LogP contribution < -0.4 is 0 Å². The van der Waals surface area contributed by atoms with Crippen LogP contribution in [0.2, 0.25) is 0 Å². The predicted octanol–water partition coefficient (Wildman–Crippen LogP) is 4.58. The van der Waals surface area contributed by atoms with Crippen LogP contribution in [0.25, 0.3) is 16.3 Å². The van der Waals surface area contributed by atoms with E-state index in [0.717, 1.165) is 0 Å². The molecule has 0 saturated heterocycles. The van der Waals surface area contributed by atoms with Crippen LogP contribution in [0.3, 0.4) is 0 Å². The smallest absolute Gasteiger partial charge is 0.0146 e. The molecule has 0 aliphatic heterocycles. The molecule has 1 aliphatic rings. The molecule has 0 heterocycles. The fourth-order valence-corrected chi connectivity index (χ4v) is 2.69. The normalized spacial score (nSPS) is 15.4. The largest absolute Gasteiger partial charge is 0.0695 e. The average molecular weight is 208 g/mol. The summed E-state index contributed by atoms with van der Waals surface area (Å²) in [6.07, 6.45) is 2.41. The van der Waals surface area contributed by atoms with Gasteiger partial charge in [-0.2, -0.15) is 0 Å². The summed E-state index contributed by atoms with van der Waals surface area (Å²) in [7, 11) is 0. The Morgan fingerprint density at radius 1 is 0.875 bits per heavy atom. The van der Waals surface area contributed by atoms with Crippen molar-refractivity contribution in [3.8, 4) is 0 Å². The summed E-state index contributed by atoms with van der Waals surface area (Å²) in [4.78, 5) is 0. The highest BCUT2D eigenvalue weighted by Crippen LogP contribution is 2.34. The van der Waals surface area contributed by atoms with Gasteiger partial charge < -0.3 is 0 Å². The van der Waals surface area contributed by atoms with Crippen LogP contribution in [0.5, 0.6) is 0 Å². The van der Waals surface area contributed by atoms with Crippen molar-refractivity contribution in [2.75, 3.05) is 0 Å². The lowest BCUT2D eigenvalue weighted by atomic mass is 9.84. The van der Waals surface area contributed by atoms with Gasteiger partial charge in [0.1, 0.15) is 0 Å². The summed E-state index contributed by atoms with van der Waals surface area (Å²) in [5.74, 6) is 0. The van der Waals surface area contributed by atoms with Gasteiger partial charge in [0, 0.05) is 0 Å². The molecule has 16 heavy (non-hydrogen) atoms. The lowest BCUT2D eigenvalue weighted by Gasteiger charge is -2.21. The molecule has 0 aromatic heterocycles. The Morgan fingerprint density at radius 3 is 2.56 bits per heavy atom. The second-order valence-electron chi connectivity index (χ2n) is 4.72. The molecule has 2 aromatic rings. The van der Waals surface area contributed by atoms with E-state index in [0.29, 0.717) is 0 Å². The molecule has 0 N–H and O–H groups in total.